The molecule has 436 valence electrons. The molecule has 0 saturated carbocycles. The van der Waals surface area contributed by atoms with E-state index in [1.54, 1.807) is 22.9 Å². The van der Waals surface area contributed by atoms with Gasteiger partial charge in [0.2, 0.25) is 23.6 Å². The van der Waals surface area contributed by atoms with E-state index in [0.29, 0.717) is 55.8 Å². The molecule has 0 radical (unpaired) electrons. The fourth-order valence-corrected chi connectivity index (χ4v) is 16.9. The Morgan fingerprint density at radius 2 is 0.951 bits per heavy atom. The Balaban J connectivity index is 0.000000187. The lowest BCUT2D eigenvalue weighted by Gasteiger charge is -2.38. The number of halogens is 6. The summed E-state index contributed by atoms with van der Waals surface area (Å²) in [5, 5.41) is 1.50. The number of nitrogens with zero attached hydrogens (tertiary/aromatic N) is 7. The van der Waals surface area contributed by atoms with Gasteiger partial charge in [-0.15, -0.1) is 0 Å². The SMILES string of the molecule is CCC(=O)N1CCC(CC(=O)N2CCC([C@H]3c4ncc(Br)cc4CCc4cc(Cl)cc(Br)c43)CC2)CC1.COC(=O)c1cccn1CC(=O)N1CCC(CC(=O)N2CCC([C@H]3c4ncc(Br)cc4CCc4cc(Cl)cc(Br)c43)CC2)CC1. The molecule has 82 heavy (non-hydrogen) atoms. The molecule has 2 aliphatic carbocycles. The van der Waals surface area contributed by atoms with Crippen molar-refractivity contribution in [2.75, 3.05) is 59.5 Å². The molecule has 4 saturated heterocycles. The van der Waals surface area contributed by atoms with Crippen molar-refractivity contribution in [2.24, 2.45) is 23.7 Å². The summed E-state index contributed by atoms with van der Waals surface area (Å²) in [5.74, 6) is 1.98. The maximum absolute atomic E-state index is 13.4. The van der Waals surface area contributed by atoms with Crippen LogP contribution in [0.25, 0.3) is 0 Å². The van der Waals surface area contributed by atoms with E-state index in [1.165, 1.54) is 46.2 Å². The van der Waals surface area contributed by atoms with Crippen molar-refractivity contribution in [1.29, 1.82) is 0 Å². The topological polar surface area (TPSA) is 138 Å². The van der Waals surface area contributed by atoms with Gasteiger partial charge in [-0.3, -0.25) is 29.1 Å². The number of ether oxygens (including phenoxy) is 1. The molecule has 4 amide bonds. The van der Waals surface area contributed by atoms with E-state index >= 15 is 0 Å². The summed E-state index contributed by atoms with van der Waals surface area (Å²) in [6, 6.07) is 16.0. The monoisotopic (exact) mass is 1410 g/mol. The van der Waals surface area contributed by atoms with Crippen LogP contribution in [0.5, 0.6) is 0 Å². The molecule has 5 aromatic rings. The molecule has 2 atom stereocenters. The molecule has 0 unspecified atom stereocenters. The lowest BCUT2D eigenvalue weighted by atomic mass is 9.76. The molecule has 0 N–H and O–H groups in total. The number of methoxy groups -OCH3 is 1. The van der Waals surface area contributed by atoms with Crippen LogP contribution in [0.3, 0.4) is 0 Å². The number of hydrogen-bond donors (Lipinski definition) is 0. The number of piperidine rings is 4. The molecule has 4 aliphatic heterocycles. The number of benzene rings is 2. The lowest BCUT2D eigenvalue weighted by Crippen LogP contribution is -2.43. The quantitative estimate of drug-likeness (QED) is 0.126. The van der Waals surface area contributed by atoms with Crippen LogP contribution in [0.15, 0.2) is 85.0 Å². The average Bonchev–Trinajstić information content (AvgIpc) is 3.92. The number of aryl methyl sites for hydroxylation is 4. The number of pyridine rings is 2. The van der Waals surface area contributed by atoms with Gasteiger partial charge in [-0.25, -0.2) is 4.79 Å². The van der Waals surface area contributed by atoms with Gasteiger partial charge in [-0.05, 0) is 214 Å². The number of carbonyl (C=O) groups excluding carboxylic acids is 5. The zero-order valence-electron chi connectivity index (χ0n) is 46.6. The summed E-state index contributed by atoms with van der Waals surface area (Å²) in [6.45, 7) is 7.89. The van der Waals surface area contributed by atoms with Gasteiger partial charge >= 0.3 is 5.97 Å². The van der Waals surface area contributed by atoms with Gasteiger partial charge in [0.15, 0.2) is 0 Å². The third-order valence-corrected chi connectivity index (χ3v) is 20.9. The van der Waals surface area contributed by atoms with E-state index in [1.807, 2.05) is 46.1 Å². The van der Waals surface area contributed by atoms with E-state index in [0.717, 1.165) is 150 Å². The van der Waals surface area contributed by atoms with Crippen molar-refractivity contribution in [1.82, 2.24) is 34.1 Å². The van der Waals surface area contributed by atoms with Crippen LogP contribution in [0.1, 0.15) is 145 Å². The Hall–Kier alpha value is -4.13. The van der Waals surface area contributed by atoms with E-state index in [2.05, 4.69) is 92.9 Å². The van der Waals surface area contributed by atoms with E-state index in [9.17, 15) is 24.0 Å². The van der Waals surface area contributed by atoms with Crippen LogP contribution in [0.4, 0.5) is 0 Å². The average molecular weight is 1410 g/mol. The van der Waals surface area contributed by atoms with Gasteiger partial charge in [0, 0.05) is 130 Å². The van der Waals surface area contributed by atoms with Gasteiger partial charge in [0.25, 0.3) is 0 Å². The third kappa shape index (κ3) is 14.1. The predicted octanol–water partition coefficient (Wildman–Crippen LogP) is 13.4. The highest BCUT2D eigenvalue weighted by atomic mass is 79.9. The molecular weight excluding hydrogens is 1340 g/mol. The maximum atomic E-state index is 13.4. The van der Waals surface area contributed by atoms with Gasteiger partial charge < -0.3 is 28.9 Å². The minimum atomic E-state index is -0.458. The summed E-state index contributed by atoms with van der Waals surface area (Å²) in [4.78, 5) is 81.3. The number of rotatable bonds is 10. The smallest absolute Gasteiger partial charge is 0.354 e. The van der Waals surface area contributed by atoms with Crippen molar-refractivity contribution in [3.63, 3.8) is 0 Å². The molecule has 7 heterocycles. The first-order valence-corrected chi connectivity index (χ1v) is 33.1. The van der Waals surface area contributed by atoms with Gasteiger partial charge in [0.1, 0.15) is 12.2 Å². The minimum Gasteiger partial charge on any atom is -0.464 e. The molecule has 4 fully saturated rings. The highest BCUT2D eigenvalue weighted by molar-refractivity contribution is 9.11. The minimum absolute atomic E-state index is 0.0272. The number of esters is 1. The standard InChI is InChI=1S/C34H37Br2ClN4O4.C29H34Br2ClN3O2/c1-45-34(44)28-3-2-10-41(28)20-30(43)40-11-6-21(7-12-40)15-29(42)39-13-8-22(9-14-39)32-31-23(17-26(37)18-27(31)36)4-5-24-16-25(35)19-38-33(24)32;1-2-25(36)34-9-5-18(6-10-34)13-26(37)35-11-7-19(8-12-35)28-27-20(15-23(32)16-24(27)31)3-4-21-14-22(30)17-33-29(21)28/h2-3,10,16-19,21-22,32H,4-9,11-15,20H2,1H3;14-19,28H,2-13H2,1H3/t32-;28-/m11/s1. The van der Waals surface area contributed by atoms with Crippen LogP contribution in [0.2, 0.25) is 10.0 Å². The highest BCUT2D eigenvalue weighted by Gasteiger charge is 2.39. The number of aromatic nitrogens is 3. The molecule has 6 aliphatic rings. The second-order valence-electron chi connectivity index (χ2n) is 23.1. The van der Waals surface area contributed by atoms with Crippen molar-refractivity contribution >= 4 is 117 Å². The molecule has 2 aromatic carbocycles. The van der Waals surface area contributed by atoms with Crippen molar-refractivity contribution in [2.45, 2.75) is 122 Å². The fraction of sp³-hybridized carbons (Fsp3) is 0.508. The third-order valence-electron chi connectivity index (χ3n) is 18.3. The van der Waals surface area contributed by atoms with Gasteiger partial charge in [-0.2, -0.15) is 0 Å². The molecule has 0 spiro atoms. The number of fused-ring (bicyclic) bond motifs is 4. The maximum Gasteiger partial charge on any atom is 0.354 e. The summed E-state index contributed by atoms with van der Waals surface area (Å²) in [6.07, 6.45) is 18.2. The van der Waals surface area contributed by atoms with Crippen LogP contribution < -0.4 is 0 Å². The first-order chi connectivity index (χ1) is 39.5. The zero-order chi connectivity index (χ0) is 57.8. The van der Waals surface area contributed by atoms with E-state index < -0.39 is 5.97 Å². The van der Waals surface area contributed by atoms with Crippen LogP contribution >= 0.6 is 86.9 Å². The Labute approximate surface area is 525 Å². The Kier molecular flexibility index (Phi) is 20.4. The largest absolute Gasteiger partial charge is 0.464 e. The Morgan fingerprint density at radius 3 is 1.38 bits per heavy atom. The first-order valence-electron chi connectivity index (χ1n) is 29.1. The number of carbonyl (C=O) groups is 5. The molecule has 3 aromatic heterocycles. The Morgan fingerprint density at radius 1 is 0.549 bits per heavy atom. The first kappa shape index (κ1) is 61.0. The second-order valence-corrected chi connectivity index (χ2v) is 27.5. The summed E-state index contributed by atoms with van der Waals surface area (Å²) >= 11 is 27.8. The molecule has 11 rings (SSSR count). The van der Waals surface area contributed by atoms with E-state index in [-0.39, 0.29) is 47.9 Å². The molecule has 0 bridgehead atoms. The molecule has 19 heteroatoms. The van der Waals surface area contributed by atoms with E-state index in [4.69, 9.17) is 37.9 Å². The predicted molar refractivity (Wildman–Crippen MR) is 333 cm³/mol. The number of amides is 4. The normalized spacial score (nSPS) is 19.9. The van der Waals surface area contributed by atoms with Crippen molar-refractivity contribution < 1.29 is 28.7 Å². The van der Waals surface area contributed by atoms with Crippen LogP contribution in [-0.4, -0.2) is 123 Å². The highest BCUT2D eigenvalue weighted by Crippen LogP contribution is 2.48. The Bertz CT molecular complexity index is 3180. The van der Waals surface area contributed by atoms with Crippen LogP contribution in [0, 0.1) is 23.7 Å². The molecular formula is C63H71Br4Cl2N7O6. The van der Waals surface area contributed by atoms with Gasteiger partial charge in [-0.1, -0.05) is 62.0 Å². The van der Waals surface area contributed by atoms with Crippen molar-refractivity contribution in [3.05, 3.63) is 146 Å². The zero-order valence-corrected chi connectivity index (χ0v) is 54.5. The second kappa shape index (κ2) is 27.5. The van der Waals surface area contributed by atoms with Gasteiger partial charge in [0.05, 0.1) is 18.5 Å². The number of likely N-dealkylation sites (tertiary alicyclic amines) is 4. The molecule has 13 nitrogen and oxygen atoms in total. The number of hydrogen-bond acceptors (Lipinski definition) is 8. The fourth-order valence-electron chi connectivity index (χ4n) is 13.9. The van der Waals surface area contributed by atoms with Crippen molar-refractivity contribution in [3.8, 4) is 0 Å². The van der Waals surface area contributed by atoms with Crippen LogP contribution in [-0.2, 0) is 56.1 Å². The lowest BCUT2D eigenvalue weighted by molar-refractivity contribution is -0.136. The summed E-state index contributed by atoms with van der Waals surface area (Å²) in [7, 11) is 1.33. The summed E-state index contributed by atoms with van der Waals surface area (Å²) in [5.41, 5.74) is 10.4. The summed E-state index contributed by atoms with van der Waals surface area (Å²) < 4.78 is 10.5.